The van der Waals surface area contributed by atoms with Crippen LogP contribution in [0.15, 0.2) is 46.6 Å². The monoisotopic (exact) mass is 396 g/mol. The Kier molecular flexibility index (Phi) is 4.64. The molecular weight excluding hydrogens is 376 g/mol. The number of fused-ring (bicyclic) bond motifs is 3. The highest BCUT2D eigenvalue weighted by Gasteiger charge is 2.21. The van der Waals surface area contributed by atoms with Crippen LogP contribution in [0.25, 0.3) is 15.7 Å². The van der Waals surface area contributed by atoms with Gasteiger partial charge in [-0.3, -0.25) is 14.0 Å². The first-order valence-corrected chi connectivity index (χ1v) is 9.77. The first-order valence-electron chi connectivity index (χ1n) is 8.89. The molecule has 0 radical (unpaired) electrons. The van der Waals surface area contributed by atoms with E-state index >= 15 is 0 Å². The molecule has 0 fully saturated rings. The molecule has 7 nitrogen and oxygen atoms in total. The summed E-state index contributed by atoms with van der Waals surface area (Å²) in [5.74, 6) is 1.08. The molecule has 4 aromatic rings. The van der Waals surface area contributed by atoms with Crippen molar-refractivity contribution in [1.82, 2.24) is 19.5 Å². The molecule has 0 saturated heterocycles. The van der Waals surface area contributed by atoms with Crippen LogP contribution in [0, 0.1) is 6.92 Å². The Hall–Kier alpha value is -3.13. The molecule has 144 valence electrons. The second-order valence-electron chi connectivity index (χ2n) is 6.54. The molecule has 3 aromatic heterocycles. The Morgan fingerprint density at radius 1 is 1.29 bits per heavy atom. The number of aryl methyl sites for hydroxylation is 1. The Bertz CT molecular complexity index is 1240. The van der Waals surface area contributed by atoms with Gasteiger partial charge in [0.1, 0.15) is 23.1 Å². The van der Waals surface area contributed by atoms with Crippen LogP contribution in [0.4, 0.5) is 0 Å². The number of carbonyl (C=O) groups excluding carboxylic acids is 1. The van der Waals surface area contributed by atoms with Crippen molar-refractivity contribution < 1.29 is 9.53 Å². The van der Waals surface area contributed by atoms with Crippen LogP contribution < -0.4 is 15.6 Å². The van der Waals surface area contributed by atoms with Crippen molar-refractivity contribution in [1.29, 1.82) is 0 Å². The van der Waals surface area contributed by atoms with Crippen molar-refractivity contribution in [3.05, 3.63) is 63.5 Å². The molecule has 1 aromatic carbocycles. The average molecular weight is 396 g/mol. The number of carbonyl (C=O) groups is 1. The third kappa shape index (κ3) is 2.95. The largest absolute Gasteiger partial charge is 0.496 e. The zero-order chi connectivity index (χ0) is 19.8. The summed E-state index contributed by atoms with van der Waals surface area (Å²) in [5.41, 5.74) is 2.07. The fraction of sp³-hybridized carbons (Fsp3) is 0.250. The van der Waals surface area contributed by atoms with Crippen molar-refractivity contribution >= 4 is 33.0 Å². The van der Waals surface area contributed by atoms with E-state index in [2.05, 4.69) is 10.4 Å². The number of aromatic nitrogens is 3. The molecule has 1 atom stereocenters. The molecule has 3 heterocycles. The van der Waals surface area contributed by atoms with E-state index in [1.807, 2.05) is 53.1 Å². The minimum Gasteiger partial charge on any atom is -0.496 e. The lowest BCUT2D eigenvalue weighted by atomic mass is 10.2. The number of para-hydroxylation sites is 1. The number of nitrogens with zero attached hydrogens (tertiary/aromatic N) is 3. The van der Waals surface area contributed by atoms with Crippen LogP contribution >= 0.6 is 11.3 Å². The summed E-state index contributed by atoms with van der Waals surface area (Å²) < 4.78 is 9.42. The van der Waals surface area contributed by atoms with Gasteiger partial charge < -0.3 is 10.1 Å². The zero-order valence-corrected chi connectivity index (χ0v) is 16.6. The van der Waals surface area contributed by atoms with E-state index in [-0.39, 0.29) is 11.5 Å². The van der Waals surface area contributed by atoms with Crippen molar-refractivity contribution in [2.75, 3.05) is 7.11 Å². The van der Waals surface area contributed by atoms with Crippen LogP contribution in [-0.4, -0.2) is 27.2 Å². The molecule has 0 aliphatic carbocycles. The van der Waals surface area contributed by atoms with E-state index in [1.165, 1.54) is 4.68 Å². The number of nitrogens with one attached hydrogen (secondary N) is 1. The molecule has 0 aliphatic heterocycles. The van der Waals surface area contributed by atoms with Gasteiger partial charge >= 0.3 is 0 Å². The molecule has 0 unspecified atom stereocenters. The van der Waals surface area contributed by atoms with Gasteiger partial charge in [0, 0.05) is 12.1 Å². The topological polar surface area (TPSA) is 77.6 Å². The van der Waals surface area contributed by atoms with Crippen molar-refractivity contribution in [2.24, 2.45) is 0 Å². The number of hydrogen-bond donors (Lipinski definition) is 1. The van der Waals surface area contributed by atoms with Gasteiger partial charge in [-0.1, -0.05) is 18.2 Å². The zero-order valence-electron chi connectivity index (χ0n) is 15.8. The Balaban J connectivity index is 1.63. The summed E-state index contributed by atoms with van der Waals surface area (Å²) in [7, 11) is 1.59. The van der Waals surface area contributed by atoms with Gasteiger partial charge in [0.15, 0.2) is 0 Å². The number of methoxy groups -OCH3 is 1. The molecule has 8 heteroatoms. The summed E-state index contributed by atoms with van der Waals surface area (Å²) in [5, 5.41) is 9.25. The summed E-state index contributed by atoms with van der Waals surface area (Å²) in [6.45, 7) is 3.82. The van der Waals surface area contributed by atoms with Gasteiger partial charge in [0.2, 0.25) is 5.91 Å². The molecule has 1 N–H and O–H groups in total. The molecule has 0 bridgehead atoms. The van der Waals surface area contributed by atoms with Crippen molar-refractivity contribution in [3.63, 3.8) is 0 Å². The predicted molar refractivity (Wildman–Crippen MR) is 109 cm³/mol. The number of amides is 1. The quantitative estimate of drug-likeness (QED) is 0.563. The lowest BCUT2D eigenvalue weighted by molar-refractivity contribution is -0.124. The maximum atomic E-state index is 13.0. The van der Waals surface area contributed by atoms with Gasteiger partial charge in [-0.15, -0.1) is 11.3 Å². The Labute approximate surface area is 165 Å². The van der Waals surface area contributed by atoms with E-state index in [0.29, 0.717) is 23.6 Å². The highest BCUT2D eigenvalue weighted by molar-refractivity contribution is 7.17. The maximum Gasteiger partial charge on any atom is 0.291 e. The van der Waals surface area contributed by atoms with Gasteiger partial charge in [-0.2, -0.15) is 5.10 Å². The lowest BCUT2D eigenvalue weighted by Crippen LogP contribution is -2.38. The summed E-state index contributed by atoms with van der Waals surface area (Å²) in [6, 6.07) is 10.6. The minimum atomic E-state index is -0.737. The molecule has 0 spiro atoms. The molecular formula is C20H20N4O3S. The Morgan fingerprint density at radius 3 is 2.86 bits per heavy atom. The van der Waals surface area contributed by atoms with E-state index in [1.54, 1.807) is 25.4 Å². The van der Waals surface area contributed by atoms with Crippen LogP contribution in [0.3, 0.4) is 0 Å². The average Bonchev–Trinajstić information content (AvgIpc) is 3.30. The molecule has 0 aliphatic rings. The summed E-state index contributed by atoms with van der Waals surface area (Å²) >= 11 is 1.57. The van der Waals surface area contributed by atoms with Gasteiger partial charge in [0.25, 0.3) is 5.56 Å². The van der Waals surface area contributed by atoms with E-state index < -0.39 is 6.04 Å². The fourth-order valence-corrected chi connectivity index (χ4v) is 4.15. The van der Waals surface area contributed by atoms with Crippen LogP contribution in [0.2, 0.25) is 0 Å². The van der Waals surface area contributed by atoms with Gasteiger partial charge in [0.05, 0.1) is 17.3 Å². The molecule has 28 heavy (non-hydrogen) atoms. The van der Waals surface area contributed by atoms with Crippen molar-refractivity contribution in [2.45, 2.75) is 26.4 Å². The summed E-state index contributed by atoms with van der Waals surface area (Å²) in [6.07, 6.45) is 0. The first-order chi connectivity index (χ1) is 13.5. The standard InChI is InChI=1S/C20H20N4O3S/c1-12(19(25)21-11-14-6-4-5-7-17(14)27-3)24-20(26)16-10-18-15(8-9-28-18)23(16)13(2)22-24/h4-10,12H,11H2,1-3H3,(H,21,25)/t12-/m0/s1. The summed E-state index contributed by atoms with van der Waals surface area (Å²) in [4.78, 5) is 25.6. The Morgan fingerprint density at radius 2 is 2.07 bits per heavy atom. The number of hydrogen-bond acceptors (Lipinski definition) is 5. The predicted octanol–water partition coefficient (Wildman–Crippen LogP) is 2.91. The van der Waals surface area contributed by atoms with Crippen molar-refractivity contribution in [3.8, 4) is 5.75 Å². The van der Waals surface area contributed by atoms with Crippen LogP contribution in [0.1, 0.15) is 24.4 Å². The normalized spacial score (nSPS) is 12.4. The smallest absolute Gasteiger partial charge is 0.291 e. The number of thiophene rings is 1. The third-order valence-corrected chi connectivity index (χ3v) is 5.67. The van der Waals surface area contributed by atoms with Crippen LogP contribution in [-0.2, 0) is 11.3 Å². The lowest BCUT2D eigenvalue weighted by Gasteiger charge is -2.16. The minimum absolute atomic E-state index is 0.280. The maximum absolute atomic E-state index is 13.0. The van der Waals surface area contributed by atoms with E-state index in [0.717, 1.165) is 15.8 Å². The highest BCUT2D eigenvalue weighted by Crippen LogP contribution is 2.24. The SMILES string of the molecule is COc1ccccc1CNC(=O)[C@H](C)n1nc(C)n2c(cc3sccc32)c1=O. The molecule has 0 saturated carbocycles. The van der Waals surface area contributed by atoms with E-state index in [9.17, 15) is 9.59 Å². The highest BCUT2D eigenvalue weighted by atomic mass is 32.1. The number of rotatable bonds is 5. The fourth-order valence-electron chi connectivity index (χ4n) is 3.35. The number of ether oxygens (including phenoxy) is 1. The number of benzene rings is 1. The van der Waals surface area contributed by atoms with Gasteiger partial charge in [-0.05, 0) is 37.4 Å². The third-order valence-electron chi connectivity index (χ3n) is 4.82. The van der Waals surface area contributed by atoms with E-state index in [4.69, 9.17) is 4.74 Å². The molecule has 1 amide bonds. The second-order valence-corrected chi connectivity index (χ2v) is 7.49. The first kappa shape index (κ1) is 18.2. The van der Waals surface area contributed by atoms with Crippen LogP contribution in [0.5, 0.6) is 5.75 Å². The molecule has 4 rings (SSSR count). The second kappa shape index (κ2) is 7.12. The van der Waals surface area contributed by atoms with Gasteiger partial charge in [-0.25, -0.2) is 4.68 Å².